The quantitative estimate of drug-likeness (QED) is 0.773. The van der Waals surface area contributed by atoms with Crippen molar-refractivity contribution in [3.63, 3.8) is 0 Å². The zero-order valence-corrected chi connectivity index (χ0v) is 9.09. The Morgan fingerprint density at radius 2 is 2.13 bits per heavy atom. The summed E-state index contributed by atoms with van der Waals surface area (Å²) >= 11 is 0. The van der Waals surface area contributed by atoms with Gasteiger partial charge >= 0.3 is 0 Å². The lowest BCUT2D eigenvalue weighted by Crippen LogP contribution is -2.15. The van der Waals surface area contributed by atoms with Crippen molar-refractivity contribution in [1.29, 1.82) is 0 Å². The highest BCUT2D eigenvalue weighted by Gasteiger charge is 2.11. The molecular formula is C12H16FNO. The summed E-state index contributed by atoms with van der Waals surface area (Å²) < 4.78 is 13.0. The molecule has 0 aromatic heterocycles. The largest absolute Gasteiger partial charge is 0.330 e. The number of Topliss-reactive ketones (excluding diaryl/α,β-unsaturated/α-hetero) is 1. The predicted octanol–water partition coefficient (Wildman–Crippen LogP) is 2.30. The molecule has 0 spiro atoms. The van der Waals surface area contributed by atoms with E-state index in [-0.39, 0.29) is 17.5 Å². The van der Waals surface area contributed by atoms with Gasteiger partial charge in [-0.1, -0.05) is 6.92 Å². The van der Waals surface area contributed by atoms with Gasteiger partial charge in [0.25, 0.3) is 0 Å². The maximum Gasteiger partial charge on any atom is 0.163 e. The second-order valence-electron chi connectivity index (χ2n) is 3.99. The van der Waals surface area contributed by atoms with Gasteiger partial charge in [-0.2, -0.15) is 0 Å². The molecule has 1 aromatic rings. The number of benzene rings is 1. The van der Waals surface area contributed by atoms with Crippen molar-refractivity contribution in [2.24, 2.45) is 11.7 Å². The lowest BCUT2D eigenvalue weighted by atomic mass is 9.99. The van der Waals surface area contributed by atoms with Crippen LogP contribution in [0.1, 0.15) is 29.3 Å². The molecule has 0 saturated heterocycles. The molecule has 1 aromatic carbocycles. The number of halogens is 1. The number of nitrogens with two attached hydrogens (primary N) is 1. The summed E-state index contributed by atoms with van der Waals surface area (Å²) in [6.07, 6.45) is 0.374. The summed E-state index contributed by atoms with van der Waals surface area (Å²) in [4.78, 5) is 11.7. The normalized spacial score (nSPS) is 12.5. The number of carbonyl (C=O) groups excluding carboxylic acids is 1. The molecule has 0 heterocycles. The van der Waals surface area contributed by atoms with Crippen molar-refractivity contribution < 1.29 is 9.18 Å². The van der Waals surface area contributed by atoms with Gasteiger partial charge in [-0.05, 0) is 43.1 Å². The number of rotatable bonds is 4. The molecule has 0 aliphatic rings. The molecule has 2 nitrogen and oxygen atoms in total. The summed E-state index contributed by atoms with van der Waals surface area (Å²) in [5.41, 5.74) is 6.63. The highest BCUT2D eigenvalue weighted by molar-refractivity contribution is 5.96. The van der Waals surface area contributed by atoms with E-state index in [0.29, 0.717) is 18.5 Å². The molecule has 1 atom stereocenters. The molecule has 0 radical (unpaired) electrons. The van der Waals surface area contributed by atoms with Crippen molar-refractivity contribution in [1.82, 2.24) is 0 Å². The van der Waals surface area contributed by atoms with Gasteiger partial charge in [-0.15, -0.1) is 0 Å². The van der Waals surface area contributed by atoms with Crippen molar-refractivity contribution >= 4 is 5.78 Å². The highest BCUT2D eigenvalue weighted by atomic mass is 19.1. The van der Waals surface area contributed by atoms with Crippen LogP contribution in [0.2, 0.25) is 0 Å². The van der Waals surface area contributed by atoms with E-state index < -0.39 is 0 Å². The second kappa shape index (κ2) is 5.03. The molecule has 3 heteroatoms. The molecule has 0 aliphatic heterocycles. The smallest absolute Gasteiger partial charge is 0.163 e. The minimum absolute atomic E-state index is 0.0458. The summed E-state index contributed by atoms with van der Waals surface area (Å²) in [6.45, 7) is 4.15. The topological polar surface area (TPSA) is 43.1 Å². The van der Waals surface area contributed by atoms with Gasteiger partial charge in [0.2, 0.25) is 0 Å². The highest BCUT2D eigenvalue weighted by Crippen LogP contribution is 2.13. The van der Waals surface area contributed by atoms with Crippen LogP contribution in [0.15, 0.2) is 18.2 Å². The van der Waals surface area contributed by atoms with E-state index >= 15 is 0 Å². The molecule has 1 unspecified atom stereocenters. The number of hydrogen-bond acceptors (Lipinski definition) is 2. The van der Waals surface area contributed by atoms with Gasteiger partial charge in [0.1, 0.15) is 5.82 Å². The summed E-state index contributed by atoms with van der Waals surface area (Å²) in [6, 6.07) is 4.39. The van der Waals surface area contributed by atoms with E-state index in [4.69, 9.17) is 5.73 Å². The van der Waals surface area contributed by atoms with Crippen molar-refractivity contribution in [3.8, 4) is 0 Å². The Kier molecular flexibility index (Phi) is 3.97. The average Bonchev–Trinajstić information content (AvgIpc) is 2.16. The van der Waals surface area contributed by atoms with Crippen molar-refractivity contribution in [3.05, 3.63) is 35.1 Å². The van der Waals surface area contributed by atoms with Gasteiger partial charge in [-0.3, -0.25) is 4.79 Å². The Labute approximate surface area is 89.3 Å². The first-order valence-corrected chi connectivity index (χ1v) is 5.03. The van der Waals surface area contributed by atoms with E-state index in [1.807, 2.05) is 6.92 Å². The van der Waals surface area contributed by atoms with Crippen LogP contribution in [-0.2, 0) is 0 Å². The molecule has 0 aliphatic carbocycles. The number of carbonyl (C=O) groups is 1. The second-order valence-corrected chi connectivity index (χ2v) is 3.99. The molecule has 0 fully saturated rings. The van der Waals surface area contributed by atoms with Gasteiger partial charge in [0.05, 0.1) is 0 Å². The van der Waals surface area contributed by atoms with E-state index in [1.165, 1.54) is 12.1 Å². The molecule has 0 bridgehead atoms. The van der Waals surface area contributed by atoms with Gasteiger partial charge in [-0.25, -0.2) is 4.39 Å². The molecule has 0 saturated carbocycles. The molecule has 1 rings (SSSR count). The maximum atomic E-state index is 13.0. The first-order chi connectivity index (χ1) is 7.02. The zero-order chi connectivity index (χ0) is 11.4. The van der Waals surface area contributed by atoms with Crippen LogP contribution in [-0.4, -0.2) is 12.3 Å². The fourth-order valence-electron chi connectivity index (χ4n) is 1.41. The lowest BCUT2D eigenvalue weighted by molar-refractivity contribution is 0.0965. The van der Waals surface area contributed by atoms with Gasteiger partial charge < -0.3 is 5.73 Å². The Hall–Kier alpha value is -1.22. The lowest BCUT2D eigenvalue weighted by Gasteiger charge is -2.07. The van der Waals surface area contributed by atoms with Crippen LogP contribution in [0.5, 0.6) is 0 Å². The Morgan fingerprint density at radius 1 is 1.47 bits per heavy atom. The minimum Gasteiger partial charge on any atom is -0.330 e. The molecule has 15 heavy (non-hydrogen) atoms. The Bertz CT molecular complexity index is 342. The zero-order valence-electron chi connectivity index (χ0n) is 9.09. The van der Waals surface area contributed by atoms with Crippen molar-refractivity contribution in [2.45, 2.75) is 20.3 Å². The Morgan fingerprint density at radius 3 is 2.67 bits per heavy atom. The fraction of sp³-hybridized carbons (Fsp3) is 0.417. The third-order valence-electron chi connectivity index (χ3n) is 2.30. The van der Waals surface area contributed by atoms with Gasteiger partial charge in [0, 0.05) is 12.0 Å². The number of aryl methyl sites for hydroxylation is 1. The molecule has 0 amide bonds. The van der Waals surface area contributed by atoms with Crippen LogP contribution < -0.4 is 5.73 Å². The number of hydrogen-bond donors (Lipinski definition) is 1. The van der Waals surface area contributed by atoms with E-state index in [9.17, 15) is 9.18 Å². The molecule has 2 N–H and O–H groups in total. The average molecular weight is 209 g/mol. The first kappa shape index (κ1) is 11.9. The van der Waals surface area contributed by atoms with E-state index in [1.54, 1.807) is 13.0 Å². The van der Waals surface area contributed by atoms with Crippen LogP contribution in [0, 0.1) is 18.7 Å². The molecule has 82 valence electrons. The fourth-order valence-corrected chi connectivity index (χ4v) is 1.41. The predicted molar refractivity (Wildman–Crippen MR) is 58.3 cm³/mol. The Balaban J connectivity index is 2.82. The van der Waals surface area contributed by atoms with Gasteiger partial charge in [0.15, 0.2) is 5.78 Å². The monoisotopic (exact) mass is 209 g/mol. The van der Waals surface area contributed by atoms with E-state index in [2.05, 4.69) is 0 Å². The minimum atomic E-state index is -0.362. The number of ketones is 1. The maximum absolute atomic E-state index is 13.0. The summed E-state index contributed by atoms with van der Waals surface area (Å²) in [5.74, 6) is -0.268. The van der Waals surface area contributed by atoms with E-state index in [0.717, 1.165) is 5.56 Å². The third-order valence-corrected chi connectivity index (χ3v) is 2.30. The van der Waals surface area contributed by atoms with Crippen LogP contribution in [0.3, 0.4) is 0 Å². The standard InChI is InChI=1S/C12H16FNO/c1-8-3-10(6-11(13)4-8)12(15)5-9(2)7-14/h3-4,6,9H,5,7,14H2,1-2H3. The summed E-state index contributed by atoms with van der Waals surface area (Å²) in [7, 11) is 0. The SMILES string of the molecule is Cc1cc(F)cc(C(=O)CC(C)CN)c1. The summed E-state index contributed by atoms with van der Waals surface area (Å²) in [5, 5.41) is 0. The van der Waals surface area contributed by atoms with Crippen LogP contribution in [0.25, 0.3) is 0 Å². The van der Waals surface area contributed by atoms with Crippen molar-refractivity contribution in [2.75, 3.05) is 6.54 Å². The third kappa shape index (κ3) is 3.44. The molecular weight excluding hydrogens is 193 g/mol. The van der Waals surface area contributed by atoms with Crippen LogP contribution in [0.4, 0.5) is 4.39 Å². The first-order valence-electron chi connectivity index (χ1n) is 5.03. The van der Waals surface area contributed by atoms with Crippen LogP contribution >= 0.6 is 0 Å².